The van der Waals surface area contributed by atoms with Crippen LogP contribution in [-0.4, -0.2) is 23.9 Å². The quantitative estimate of drug-likeness (QED) is 0.782. The van der Waals surface area contributed by atoms with E-state index in [-0.39, 0.29) is 5.91 Å². The molecule has 0 saturated carbocycles. The van der Waals surface area contributed by atoms with Crippen LogP contribution < -0.4 is 0 Å². The van der Waals surface area contributed by atoms with E-state index in [1.807, 2.05) is 43.0 Å². The van der Waals surface area contributed by atoms with Crippen molar-refractivity contribution in [1.82, 2.24) is 4.90 Å². The summed E-state index contributed by atoms with van der Waals surface area (Å²) in [6.45, 7) is 5.60. The molecule has 0 atom stereocenters. The van der Waals surface area contributed by atoms with Crippen molar-refractivity contribution in [2.75, 3.05) is 13.1 Å². The van der Waals surface area contributed by atoms with Crippen LogP contribution in [0.2, 0.25) is 0 Å². The van der Waals surface area contributed by atoms with Gasteiger partial charge in [0, 0.05) is 16.7 Å². The van der Waals surface area contributed by atoms with Gasteiger partial charge < -0.3 is 4.90 Å². The highest BCUT2D eigenvalue weighted by Crippen LogP contribution is 2.08. The van der Waals surface area contributed by atoms with Crippen LogP contribution in [-0.2, 0) is 11.2 Å². The Bertz CT molecular complexity index is 317. The Morgan fingerprint density at radius 3 is 2.20 bits per heavy atom. The van der Waals surface area contributed by atoms with Crippen LogP contribution in [0.1, 0.15) is 19.4 Å². The summed E-state index contributed by atoms with van der Waals surface area (Å²) in [4.78, 5) is 13.6. The highest BCUT2D eigenvalue weighted by Gasteiger charge is 2.09. The van der Waals surface area contributed by atoms with E-state index in [0.29, 0.717) is 6.42 Å². The third-order valence-corrected chi connectivity index (χ3v) is 3.10. The van der Waals surface area contributed by atoms with Crippen LogP contribution in [0.15, 0.2) is 24.3 Å². The molecule has 2 nitrogen and oxygen atoms in total. The van der Waals surface area contributed by atoms with Gasteiger partial charge in [-0.3, -0.25) is 4.79 Å². The monoisotopic (exact) mass is 317 g/mol. The smallest absolute Gasteiger partial charge is 0.226 e. The standard InChI is InChI=1S/C12H16INO/c1-3-14(4-2)12(15)9-10-5-7-11(13)8-6-10/h5-8H,3-4,9H2,1-2H3. The average molecular weight is 317 g/mol. The summed E-state index contributed by atoms with van der Waals surface area (Å²) in [5, 5.41) is 0. The molecule has 1 amide bonds. The zero-order chi connectivity index (χ0) is 11.3. The molecular weight excluding hydrogens is 301 g/mol. The normalized spacial score (nSPS) is 10.1. The van der Waals surface area contributed by atoms with E-state index >= 15 is 0 Å². The average Bonchev–Trinajstić information content (AvgIpc) is 2.23. The summed E-state index contributed by atoms with van der Waals surface area (Å²) in [6.07, 6.45) is 0.512. The van der Waals surface area contributed by atoms with Crippen LogP contribution in [0, 0.1) is 3.57 Å². The Kier molecular flexibility index (Phi) is 5.08. The number of hydrogen-bond donors (Lipinski definition) is 0. The molecule has 15 heavy (non-hydrogen) atoms. The Balaban J connectivity index is 2.61. The molecule has 0 unspecified atom stereocenters. The van der Waals surface area contributed by atoms with Crippen molar-refractivity contribution in [2.24, 2.45) is 0 Å². The molecule has 0 heterocycles. The minimum Gasteiger partial charge on any atom is -0.343 e. The molecule has 0 radical (unpaired) electrons. The van der Waals surface area contributed by atoms with E-state index in [0.717, 1.165) is 18.7 Å². The third-order valence-electron chi connectivity index (χ3n) is 2.38. The fourth-order valence-corrected chi connectivity index (χ4v) is 1.82. The van der Waals surface area contributed by atoms with E-state index in [2.05, 4.69) is 22.6 Å². The van der Waals surface area contributed by atoms with Crippen LogP contribution in [0.25, 0.3) is 0 Å². The van der Waals surface area contributed by atoms with Gasteiger partial charge in [-0.1, -0.05) is 12.1 Å². The Hall–Kier alpha value is -0.580. The predicted octanol–water partition coefficient (Wildman–Crippen LogP) is 2.70. The summed E-state index contributed by atoms with van der Waals surface area (Å²) >= 11 is 2.26. The fraction of sp³-hybridized carbons (Fsp3) is 0.417. The van der Waals surface area contributed by atoms with Gasteiger partial charge in [-0.15, -0.1) is 0 Å². The number of nitrogens with zero attached hydrogens (tertiary/aromatic N) is 1. The van der Waals surface area contributed by atoms with E-state index in [1.54, 1.807) is 0 Å². The van der Waals surface area contributed by atoms with Crippen LogP contribution in [0.5, 0.6) is 0 Å². The maximum Gasteiger partial charge on any atom is 0.226 e. The van der Waals surface area contributed by atoms with Gasteiger partial charge in [-0.2, -0.15) is 0 Å². The van der Waals surface area contributed by atoms with Gasteiger partial charge in [0.1, 0.15) is 0 Å². The second kappa shape index (κ2) is 6.10. The number of rotatable bonds is 4. The topological polar surface area (TPSA) is 20.3 Å². The summed E-state index contributed by atoms with van der Waals surface area (Å²) in [6, 6.07) is 8.10. The molecule has 1 rings (SSSR count). The number of hydrogen-bond acceptors (Lipinski definition) is 1. The number of halogens is 1. The molecule has 1 aromatic carbocycles. The molecule has 0 saturated heterocycles. The van der Waals surface area contributed by atoms with Crippen LogP contribution in [0.3, 0.4) is 0 Å². The SMILES string of the molecule is CCN(CC)C(=O)Cc1ccc(I)cc1. The first-order chi connectivity index (χ1) is 7.17. The van der Waals surface area contributed by atoms with E-state index < -0.39 is 0 Å². The van der Waals surface area contributed by atoms with Crippen molar-refractivity contribution in [3.05, 3.63) is 33.4 Å². The van der Waals surface area contributed by atoms with Gasteiger partial charge in [-0.25, -0.2) is 0 Å². The molecule has 0 spiro atoms. The van der Waals surface area contributed by atoms with Gasteiger partial charge in [0.2, 0.25) is 5.91 Å². The zero-order valence-electron chi connectivity index (χ0n) is 9.16. The van der Waals surface area contributed by atoms with Gasteiger partial charge in [-0.05, 0) is 54.1 Å². The second-order valence-electron chi connectivity index (χ2n) is 3.37. The molecule has 0 aliphatic heterocycles. The third kappa shape index (κ3) is 3.81. The lowest BCUT2D eigenvalue weighted by atomic mass is 10.1. The first-order valence-corrected chi connectivity index (χ1v) is 6.27. The van der Waals surface area contributed by atoms with Crippen molar-refractivity contribution >= 4 is 28.5 Å². The van der Waals surface area contributed by atoms with Crippen molar-refractivity contribution in [2.45, 2.75) is 20.3 Å². The summed E-state index contributed by atoms with van der Waals surface area (Å²) in [5.41, 5.74) is 1.09. The highest BCUT2D eigenvalue weighted by molar-refractivity contribution is 14.1. The molecular formula is C12H16INO. The summed E-state index contributed by atoms with van der Waals surface area (Å²) < 4.78 is 1.20. The first kappa shape index (κ1) is 12.5. The number of benzene rings is 1. The largest absolute Gasteiger partial charge is 0.343 e. The van der Waals surface area contributed by atoms with Crippen molar-refractivity contribution in [3.8, 4) is 0 Å². The van der Waals surface area contributed by atoms with Crippen LogP contribution >= 0.6 is 22.6 Å². The number of carbonyl (C=O) groups is 1. The molecule has 0 N–H and O–H groups in total. The first-order valence-electron chi connectivity index (χ1n) is 5.19. The van der Waals surface area contributed by atoms with Crippen LogP contribution in [0.4, 0.5) is 0 Å². The lowest BCUT2D eigenvalue weighted by Gasteiger charge is -2.18. The Morgan fingerprint density at radius 2 is 1.73 bits per heavy atom. The Morgan fingerprint density at radius 1 is 1.20 bits per heavy atom. The van der Waals surface area contributed by atoms with E-state index in [4.69, 9.17) is 0 Å². The molecule has 0 aliphatic rings. The van der Waals surface area contributed by atoms with Crippen molar-refractivity contribution in [3.63, 3.8) is 0 Å². The molecule has 3 heteroatoms. The molecule has 0 fully saturated rings. The minimum atomic E-state index is 0.209. The fourth-order valence-electron chi connectivity index (χ4n) is 1.46. The summed E-state index contributed by atoms with van der Waals surface area (Å²) in [7, 11) is 0. The molecule has 1 aromatic rings. The van der Waals surface area contributed by atoms with Gasteiger partial charge in [0.25, 0.3) is 0 Å². The molecule has 0 aromatic heterocycles. The molecule has 0 aliphatic carbocycles. The Labute approximate surface area is 105 Å². The number of likely N-dealkylation sites (N-methyl/N-ethyl adjacent to an activating group) is 1. The zero-order valence-corrected chi connectivity index (χ0v) is 11.3. The highest BCUT2D eigenvalue weighted by atomic mass is 127. The van der Waals surface area contributed by atoms with E-state index in [1.165, 1.54) is 3.57 Å². The molecule has 82 valence electrons. The number of amides is 1. The lowest BCUT2D eigenvalue weighted by Crippen LogP contribution is -2.31. The van der Waals surface area contributed by atoms with Gasteiger partial charge in [0.05, 0.1) is 6.42 Å². The molecule has 0 bridgehead atoms. The number of carbonyl (C=O) groups excluding carboxylic acids is 1. The predicted molar refractivity (Wildman–Crippen MR) is 70.8 cm³/mol. The van der Waals surface area contributed by atoms with Crippen molar-refractivity contribution < 1.29 is 4.79 Å². The van der Waals surface area contributed by atoms with Gasteiger partial charge in [0.15, 0.2) is 0 Å². The summed E-state index contributed by atoms with van der Waals surface area (Å²) in [5.74, 6) is 0.209. The maximum absolute atomic E-state index is 11.8. The maximum atomic E-state index is 11.8. The lowest BCUT2D eigenvalue weighted by molar-refractivity contribution is -0.130. The minimum absolute atomic E-state index is 0.209. The van der Waals surface area contributed by atoms with Gasteiger partial charge >= 0.3 is 0 Å². The van der Waals surface area contributed by atoms with Crippen molar-refractivity contribution in [1.29, 1.82) is 0 Å². The van der Waals surface area contributed by atoms with E-state index in [9.17, 15) is 4.79 Å². The second-order valence-corrected chi connectivity index (χ2v) is 4.61.